The maximum absolute atomic E-state index is 10.4. The van der Waals surface area contributed by atoms with Gasteiger partial charge in [0, 0.05) is 0 Å². The number of nitrogen functional groups attached to an aromatic ring is 1. The van der Waals surface area contributed by atoms with Crippen LogP contribution in [0, 0.1) is 21.4 Å². The molecule has 0 saturated heterocycles. The SMILES string of the molecule is N#Cc1ccc(N)c(O)c1[N+](=O)[O-]. The Bertz CT molecular complexity index is 408. The van der Waals surface area contributed by atoms with Crippen molar-refractivity contribution in [3.63, 3.8) is 0 Å². The number of benzene rings is 1. The topological polar surface area (TPSA) is 113 Å². The number of nitro groups is 1. The van der Waals surface area contributed by atoms with Crippen LogP contribution < -0.4 is 5.73 Å². The first kappa shape index (κ1) is 8.80. The lowest BCUT2D eigenvalue weighted by Gasteiger charge is -2.00. The fourth-order valence-corrected chi connectivity index (χ4v) is 0.870. The summed E-state index contributed by atoms with van der Waals surface area (Å²) in [5, 5.41) is 28.0. The monoisotopic (exact) mass is 179 g/mol. The van der Waals surface area contributed by atoms with E-state index in [4.69, 9.17) is 16.1 Å². The molecule has 0 bridgehead atoms. The van der Waals surface area contributed by atoms with E-state index in [1.54, 1.807) is 6.07 Å². The molecule has 0 spiro atoms. The Hall–Kier alpha value is -2.29. The molecule has 1 aromatic rings. The summed E-state index contributed by atoms with van der Waals surface area (Å²) in [5.41, 5.74) is 4.24. The highest BCUT2D eigenvalue weighted by Gasteiger charge is 2.21. The standard InChI is InChI=1S/C7H5N3O3/c8-3-4-1-2-5(9)7(11)6(4)10(12)13/h1-2,11H,9H2. The predicted molar refractivity (Wildman–Crippen MR) is 43.9 cm³/mol. The van der Waals surface area contributed by atoms with Gasteiger partial charge in [-0.3, -0.25) is 10.1 Å². The molecule has 0 atom stereocenters. The summed E-state index contributed by atoms with van der Waals surface area (Å²) >= 11 is 0. The van der Waals surface area contributed by atoms with E-state index in [1.165, 1.54) is 12.1 Å². The van der Waals surface area contributed by atoms with E-state index < -0.39 is 16.4 Å². The summed E-state index contributed by atoms with van der Waals surface area (Å²) < 4.78 is 0. The van der Waals surface area contributed by atoms with Crippen LogP contribution in [-0.2, 0) is 0 Å². The van der Waals surface area contributed by atoms with Gasteiger partial charge in [0.15, 0.2) is 0 Å². The molecule has 6 nitrogen and oxygen atoms in total. The Morgan fingerprint density at radius 3 is 2.69 bits per heavy atom. The smallest absolute Gasteiger partial charge is 0.330 e. The van der Waals surface area contributed by atoms with Crippen LogP contribution in [-0.4, -0.2) is 10.0 Å². The zero-order chi connectivity index (χ0) is 10.0. The van der Waals surface area contributed by atoms with Crippen LogP contribution in [0.15, 0.2) is 12.1 Å². The number of nitrogens with two attached hydrogens (primary N) is 1. The number of rotatable bonds is 1. The van der Waals surface area contributed by atoms with Crippen LogP contribution in [0.5, 0.6) is 5.75 Å². The van der Waals surface area contributed by atoms with Crippen molar-refractivity contribution in [1.82, 2.24) is 0 Å². The van der Waals surface area contributed by atoms with Crippen molar-refractivity contribution < 1.29 is 10.0 Å². The number of hydrogen-bond acceptors (Lipinski definition) is 5. The number of nitro benzene ring substituents is 1. The molecule has 13 heavy (non-hydrogen) atoms. The van der Waals surface area contributed by atoms with Crippen molar-refractivity contribution >= 4 is 11.4 Å². The van der Waals surface area contributed by atoms with E-state index in [0.29, 0.717) is 0 Å². The van der Waals surface area contributed by atoms with Gasteiger partial charge in [-0.05, 0) is 12.1 Å². The minimum absolute atomic E-state index is 0.120. The third kappa shape index (κ3) is 1.35. The molecule has 0 fully saturated rings. The first-order chi connectivity index (χ1) is 6.07. The predicted octanol–water partition coefficient (Wildman–Crippen LogP) is 0.754. The van der Waals surface area contributed by atoms with Gasteiger partial charge in [0.2, 0.25) is 5.75 Å². The molecular formula is C7H5N3O3. The lowest BCUT2D eigenvalue weighted by molar-refractivity contribution is -0.386. The highest BCUT2D eigenvalue weighted by atomic mass is 16.6. The molecule has 0 aliphatic carbocycles. The van der Waals surface area contributed by atoms with Crippen molar-refractivity contribution in [3.8, 4) is 11.8 Å². The van der Waals surface area contributed by atoms with Crippen molar-refractivity contribution in [2.24, 2.45) is 0 Å². The summed E-state index contributed by atoms with van der Waals surface area (Å²) in [6.45, 7) is 0. The first-order valence-electron chi connectivity index (χ1n) is 3.24. The fraction of sp³-hybridized carbons (Fsp3) is 0. The molecule has 66 valence electrons. The number of anilines is 1. The fourth-order valence-electron chi connectivity index (χ4n) is 0.870. The van der Waals surface area contributed by atoms with Gasteiger partial charge >= 0.3 is 5.69 Å². The van der Waals surface area contributed by atoms with Crippen molar-refractivity contribution in [2.75, 3.05) is 5.73 Å². The summed E-state index contributed by atoms with van der Waals surface area (Å²) in [6.07, 6.45) is 0. The minimum atomic E-state index is -0.843. The zero-order valence-electron chi connectivity index (χ0n) is 6.39. The number of nitrogens with zero attached hydrogens (tertiary/aromatic N) is 2. The molecule has 3 N–H and O–H groups in total. The average Bonchev–Trinajstić information content (AvgIpc) is 2.08. The summed E-state index contributed by atoms with van der Waals surface area (Å²) in [5.74, 6) is -0.663. The first-order valence-corrected chi connectivity index (χ1v) is 3.24. The molecule has 0 saturated carbocycles. The van der Waals surface area contributed by atoms with Crippen LogP contribution in [0.25, 0.3) is 0 Å². The second kappa shape index (κ2) is 2.98. The lowest BCUT2D eigenvalue weighted by Crippen LogP contribution is -1.96. The maximum atomic E-state index is 10.4. The largest absolute Gasteiger partial charge is 0.501 e. The van der Waals surface area contributed by atoms with Gasteiger partial charge in [0.1, 0.15) is 11.6 Å². The van der Waals surface area contributed by atoms with Gasteiger partial charge in [0.05, 0.1) is 10.6 Å². The Balaban J connectivity index is 3.53. The second-order valence-electron chi connectivity index (χ2n) is 2.27. The number of aromatic hydroxyl groups is 1. The zero-order valence-corrected chi connectivity index (χ0v) is 6.39. The van der Waals surface area contributed by atoms with Crippen LogP contribution in [0.4, 0.5) is 11.4 Å². The molecule has 0 aromatic heterocycles. The summed E-state index contributed by atoms with van der Waals surface area (Å²) in [4.78, 5) is 9.55. The van der Waals surface area contributed by atoms with Crippen LogP contribution in [0.2, 0.25) is 0 Å². The molecular weight excluding hydrogens is 174 g/mol. The number of phenols is 1. The highest BCUT2D eigenvalue weighted by molar-refractivity contribution is 5.68. The van der Waals surface area contributed by atoms with Gasteiger partial charge in [-0.1, -0.05) is 0 Å². The van der Waals surface area contributed by atoms with E-state index in [-0.39, 0.29) is 11.3 Å². The molecule has 0 radical (unpaired) electrons. The van der Waals surface area contributed by atoms with Crippen molar-refractivity contribution in [3.05, 3.63) is 27.8 Å². The average molecular weight is 179 g/mol. The second-order valence-corrected chi connectivity index (χ2v) is 2.27. The van der Waals surface area contributed by atoms with E-state index in [2.05, 4.69) is 0 Å². The molecule has 0 heterocycles. The van der Waals surface area contributed by atoms with Gasteiger partial charge in [-0.25, -0.2) is 0 Å². The van der Waals surface area contributed by atoms with Crippen LogP contribution in [0.1, 0.15) is 5.56 Å². The van der Waals surface area contributed by atoms with Crippen LogP contribution in [0.3, 0.4) is 0 Å². The molecule has 0 unspecified atom stereocenters. The van der Waals surface area contributed by atoms with Crippen molar-refractivity contribution in [2.45, 2.75) is 0 Å². The highest BCUT2D eigenvalue weighted by Crippen LogP contribution is 2.34. The molecule has 0 aliphatic rings. The molecule has 6 heteroatoms. The number of phenolic OH excluding ortho intramolecular Hbond substituents is 1. The Morgan fingerprint density at radius 1 is 1.62 bits per heavy atom. The van der Waals surface area contributed by atoms with Gasteiger partial charge in [-0.2, -0.15) is 5.26 Å². The molecule has 0 aliphatic heterocycles. The summed E-state index contributed by atoms with van der Waals surface area (Å²) in [6, 6.07) is 4.01. The van der Waals surface area contributed by atoms with Gasteiger partial charge < -0.3 is 10.8 Å². The lowest BCUT2D eigenvalue weighted by atomic mass is 10.1. The van der Waals surface area contributed by atoms with E-state index >= 15 is 0 Å². The normalized spacial score (nSPS) is 9.15. The third-order valence-electron chi connectivity index (χ3n) is 1.49. The maximum Gasteiger partial charge on any atom is 0.330 e. The third-order valence-corrected chi connectivity index (χ3v) is 1.49. The van der Waals surface area contributed by atoms with Crippen molar-refractivity contribution in [1.29, 1.82) is 5.26 Å². The number of hydrogen-bond donors (Lipinski definition) is 2. The molecule has 1 aromatic carbocycles. The van der Waals surface area contributed by atoms with Gasteiger partial charge in [-0.15, -0.1) is 0 Å². The van der Waals surface area contributed by atoms with E-state index in [0.717, 1.165) is 0 Å². The van der Waals surface area contributed by atoms with Crippen LogP contribution >= 0.6 is 0 Å². The van der Waals surface area contributed by atoms with Gasteiger partial charge in [0.25, 0.3) is 0 Å². The Kier molecular flexibility index (Phi) is 2.02. The Labute approximate surface area is 73.0 Å². The van der Waals surface area contributed by atoms with E-state index in [1.807, 2.05) is 0 Å². The quantitative estimate of drug-likeness (QED) is 0.286. The van der Waals surface area contributed by atoms with E-state index in [9.17, 15) is 10.1 Å². The summed E-state index contributed by atoms with van der Waals surface area (Å²) in [7, 11) is 0. The Morgan fingerprint density at radius 2 is 2.23 bits per heavy atom. The molecule has 1 rings (SSSR count). The minimum Gasteiger partial charge on any atom is -0.501 e. The number of nitriles is 1. The molecule has 0 amide bonds.